The van der Waals surface area contributed by atoms with Crippen molar-refractivity contribution < 1.29 is 4.74 Å². The van der Waals surface area contributed by atoms with E-state index in [2.05, 4.69) is 51.2 Å². The minimum atomic E-state index is 0.254. The highest BCUT2D eigenvalue weighted by Crippen LogP contribution is 2.34. The number of benzene rings is 1. The summed E-state index contributed by atoms with van der Waals surface area (Å²) in [5.41, 5.74) is 1.46. The molecular formula is C16H21BrN2O. The van der Waals surface area contributed by atoms with E-state index in [0.717, 1.165) is 44.5 Å². The molecule has 4 heteroatoms. The summed E-state index contributed by atoms with van der Waals surface area (Å²) in [4.78, 5) is 2.34. The Balaban J connectivity index is 2.12. The van der Waals surface area contributed by atoms with Crippen molar-refractivity contribution in [3.63, 3.8) is 0 Å². The molecule has 108 valence electrons. The number of para-hydroxylation sites is 1. The third kappa shape index (κ3) is 3.97. The molecule has 0 amide bonds. The Bertz CT molecular complexity index is 438. The standard InChI is InChI=1S/C16H21BrN2O/c17-13-16(7-11-20-12-8-16)14-19(10-4-9-18)15-5-2-1-3-6-15/h1-3,5-6H,4,7-8,10-14H2. The first-order valence-corrected chi connectivity index (χ1v) is 8.22. The molecule has 0 N–H and O–H groups in total. The molecule has 1 heterocycles. The Morgan fingerprint density at radius 2 is 1.95 bits per heavy atom. The molecule has 0 aliphatic carbocycles. The summed E-state index contributed by atoms with van der Waals surface area (Å²) in [6.45, 7) is 3.45. The van der Waals surface area contributed by atoms with E-state index in [1.54, 1.807) is 0 Å². The van der Waals surface area contributed by atoms with Crippen molar-refractivity contribution in [3.05, 3.63) is 30.3 Å². The highest BCUT2D eigenvalue weighted by molar-refractivity contribution is 9.09. The lowest BCUT2D eigenvalue weighted by Crippen LogP contribution is -2.43. The van der Waals surface area contributed by atoms with Gasteiger partial charge in [0.1, 0.15) is 0 Å². The second kappa shape index (κ2) is 7.66. The van der Waals surface area contributed by atoms with E-state index in [9.17, 15) is 0 Å². The molecule has 3 nitrogen and oxygen atoms in total. The van der Waals surface area contributed by atoms with Crippen molar-refractivity contribution >= 4 is 21.6 Å². The van der Waals surface area contributed by atoms with Gasteiger partial charge in [0.15, 0.2) is 0 Å². The topological polar surface area (TPSA) is 36.3 Å². The highest BCUT2D eigenvalue weighted by Gasteiger charge is 2.33. The monoisotopic (exact) mass is 336 g/mol. The van der Waals surface area contributed by atoms with Crippen molar-refractivity contribution in [1.82, 2.24) is 0 Å². The average molecular weight is 337 g/mol. The largest absolute Gasteiger partial charge is 0.381 e. The number of ether oxygens (including phenoxy) is 1. The van der Waals surface area contributed by atoms with E-state index in [0.29, 0.717) is 6.42 Å². The Kier molecular flexibility index (Phi) is 5.87. The molecule has 1 aliphatic heterocycles. The third-order valence-electron chi connectivity index (χ3n) is 3.98. The number of nitriles is 1. The molecule has 0 radical (unpaired) electrons. The summed E-state index contributed by atoms with van der Waals surface area (Å²) in [6, 6.07) is 12.6. The van der Waals surface area contributed by atoms with Crippen LogP contribution in [-0.2, 0) is 4.74 Å². The number of hydrogen-bond donors (Lipinski definition) is 0. The fourth-order valence-corrected chi connectivity index (χ4v) is 3.40. The second-order valence-corrected chi connectivity index (χ2v) is 5.97. The van der Waals surface area contributed by atoms with Gasteiger partial charge in [0.25, 0.3) is 0 Å². The van der Waals surface area contributed by atoms with Gasteiger partial charge >= 0.3 is 0 Å². The smallest absolute Gasteiger partial charge is 0.0640 e. The first-order valence-electron chi connectivity index (χ1n) is 7.10. The predicted molar refractivity (Wildman–Crippen MR) is 85.2 cm³/mol. The van der Waals surface area contributed by atoms with Crippen molar-refractivity contribution in [2.75, 3.05) is 36.5 Å². The molecular weight excluding hydrogens is 316 g/mol. The van der Waals surface area contributed by atoms with Crippen LogP contribution in [0.2, 0.25) is 0 Å². The zero-order valence-electron chi connectivity index (χ0n) is 11.7. The van der Waals surface area contributed by atoms with Crippen LogP contribution in [-0.4, -0.2) is 31.6 Å². The van der Waals surface area contributed by atoms with Crippen LogP contribution in [0.3, 0.4) is 0 Å². The fraction of sp³-hybridized carbons (Fsp3) is 0.562. The van der Waals surface area contributed by atoms with Crippen molar-refractivity contribution in [2.45, 2.75) is 19.3 Å². The third-order valence-corrected chi connectivity index (χ3v) is 5.17. The molecule has 0 bridgehead atoms. The number of hydrogen-bond acceptors (Lipinski definition) is 3. The summed E-state index contributed by atoms with van der Waals surface area (Å²) in [7, 11) is 0. The summed E-state index contributed by atoms with van der Waals surface area (Å²) >= 11 is 3.69. The van der Waals surface area contributed by atoms with Crippen LogP contribution in [0.5, 0.6) is 0 Å². The van der Waals surface area contributed by atoms with Gasteiger partial charge < -0.3 is 9.64 Å². The molecule has 1 aromatic rings. The van der Waals surface area contributed by atoms with Gasteiger partial charge in [-0.05, 0) is 25.0 Å². The Hall–Kier alpha value is -1.05. The van der Waals surface area contributed by atoms with E-state index in [-0.39, 0.29) is 5.41 Å². The van der Waals surface area contributed by atoms with Crippen LogP contribution < -0.4 is 4.90 Å². The number of anilines is 1. The zero-order chi connectivity index (χ0) is 14.3. The first kappa shape index (κ1) is 15.3. The summed E-state index contributed by atoms with van der Waals surface area (Å²) in [5, 5.41) is 9.87. The number of rotatable bonds is 6. The maximum atomic E-state index is 8.88. The molecule has 1 saturated heterocycles. The van der Waals surface area contributed by atoms with E-state index < -0.39 is 0 Å². The van der Waals surface area contributed by atoms with Crippen molar-refractivity contribution in [2.24, 2.45) is 5.41 Å². The summed E-state index contributed by atoms with van der Waals surface area (Å²) < 4.78 is 5.50. The maximum Gasteiger partial charge on any atom is 0.0640 e. The molecule has 20 heavy (non-hydrogen) atoms. The van der Waals surface area contributed by atoms with E-state index in [1.807, 2.05) is 6.07 Å². The van der Waals surface area contributed by atoms with Gasteiger partial charge in [0, 0.05) is 42.7 Å². The van der Waals surface area contributed by atoms with Gasteiger partial charge in [-0.1, -0.05) is 34.1 Å². The molecule has 0 unspecified atom stereocenters. The first-order chi connectivity index (χ1) is 9.79. The fourth-order valence-electron chi connectivity index (χ4n) is 2.67. The van der Waals surface area contributed by atoms with Crippen LogP contribution in [0, 0.1) is 16.7 Å². The minimum absolute atomic E-state index is 0.254. The van der Waals surface area contributed by atoms with E-state index in [4.69, 9.17) is 10.00 Å². The van der Waals surface area contributed by atoms with Gasteiger partial charge in [0.2, 0.25) is 0 Å². The van der Waals surface area contributed by atoms with Crippen LogP contribution in [0.25, 0.3) is 0 Å². The van der Waals surface area contributed by atoms with Gasteiger partial charge in [-0.2, -0.15) is 5.26 Å². The highest BCUT2D eigenvalue weighted by atomic mass is 79.9. The van der Waals surface area contributed by atoms with Crippen LogP contribution in [0.15, 0.2) is 30.3 Å². The summed E-state index contributed by atoms with van der Waals surface area (Å²) in [6.07, 6.45) is 2.71. The van der Waals surface area contributed by atoms with Crippen LogP contribution in [0.1, 0.15) is 19.3 Å². The molecule has 1 aliphatic rings. The Morgan fingerprint density at radius 3 is 2.55 bits per heavy atom. The molecule has 2 rings (SSSR count). The molecule has 0 spiro atoms. The molecule has 1 fully saturated rings. The van der Waals surface area contributed by atoms with Gasteiger partial charge in [0.05, 0.1) is 12.5 Å². The van der Waals surface area contributed by atoms with E-state index >= 15 is 0 Å². The Labute approximate surface area is 129 Å². The zero-order valence-corrected chi connectivity index (χ0v) is 13.3. The van der Waals surface area contributed by atoms with Gasteiger partial charge in [-0.15, -0.1) is 0 Å². The molecule has 1 aromatic carbocycles. The number of halogens is 1. The Morgan fingerprint density at radius 1 is 1.25 bits per heavy atom. The van der Waals surface area contributed by atoms with Crippen molar-refractivity contribution in [1.29, 1.82) is 5.26 Å². The average Bonchev–Trinajstić information content (AvgIpc) is 2.53. The molecule has 0 saturated carbocycles. The van der Waals surface area contributed by atoms with Crippen LogP contribution >= 0.6 is 15.9 Å². The normalized spacial score (nSPS) is 17.4. The van der Waals surface area contributed by atoms with E-state index in [1.165, 1.54) is 5.69 Å². The van der Waals surface area contributed by atoms with Crippen LogP contribution in [0.4, 0.5) is 5.69 Å². The minimum Gasteiger partial charge on any atom is -0.381 e. The lowest BCUT2D eigenvalue weighted by atomic mass is 9.81. The lowest BCUT2D eigenvalue weighted by molar-refractivity contribution is 0.0300. The maximum absolute atomic E-state index is 8.88. The SMILES string of the molecule is N#CCCN(CC1(CBr)CCOCC1)c1ccccc1. The predicted octanol–water partition coefficient (Wildman–Crippen LogP) is 3.60. The van der Waals surface area contributed by atoms with Gasteiger partial charge in [-0.3, -0.25) is 0 Å². The second-order valence-electron chi connectivity index (χ2n) is 5.41. The summed E-state index contributed by atoms with van der Waals surface area (Å²) in [5.74, 6) is 0. The molecule has 0 atom stereocenters. The number of nitrogens with zero attached hydrogens (tertiary/aromatic N) is 2. The van der Waals surface area contributed by atoms with Gasteiger partial charge in [-0.25, -0.2) is 0 Å². The number of alkyl halides is 1. The van der Waals surface area contributed by atoms with Crippen molar-refractivity contribution in [3.8, 4) is 6.07 Å². The lowest BCUT2D eigenvalue weighted by Gasteiger charge is -2.40. The quantitative estimate of drug-likeness (QED) is 0.744. The molecule has 0 aromatic heterocycles.